The molecule has 156 valence electrons. The van der Waals surface area contributed by atoms with E-state index >= 15 is 0 Å². The van der Waals surface area contributed by atoms with E-state index < -0.39 is 17.7 Å². The molecular weight excluding hydrogens is 370 g/mol. The molecule has 2 aliphatic rings. The molecule has 1 unspecified atom stereocenters. The van der Waals surface area contributed by atoms with Crippen LogP contribution in [0.1, 0.15) is 58.3 Å². The number of piperidine rings is 1. The number of benzene rings is 1. The maximum atomic E-state index is 13.1. The molecule has 2 aromatic rings. The van der Waals surface area contributed by atoms with Gasteiger partial charge in [0.2, 0.25) is 5.91 Å². The van der Waals surface area contributed by atoms with Gasteiger partial charge in [-0.1, -0.05) is 12.1 Å². The zero-order valence-corrected chi connectivity index (χ0v) is 17.4. The number of hydrogen-bond donors (Lipinski definition) is 0. The van der Waals surface area contributed by atoms with E-state index in [0.717, 1.165) is 36.3 Å². The van der Waals surface area contributed by atoms with Gasteiger partial charge < -0.3 is 14.1 Å². The maximum Gasteiger partial charge on any atom is 0.410 e. The molecule has 0 spiro atoms. The molecule has 3 heterocycles. The standard InChI is InChI=1S/C22H29N3O4/c1-22(2,3)29-21(27)25-12-6-8-17(25)20(26)24-13-10-15(11-14-24)19-23-16-7-4-5-9-18(16)28-19/h4-5,7,9,15,17H,6,8,10-14H2,1-3H3. The third kappa shape index (κ3) is 4.23. The lowest BCUT2D eigenvalue weighted by atomic mass is 9.96. The number of fused-ring (bicyclic) bond motifs is 1. The van der Waals surface area contributed by atoms with Gasteiger partial charge in [-0.3, -0.25) is 9.69 Å². The Balaban J connectivity index is 1.37. The van der Waals surface area contributed by atoms with E-state index in [0.29, 0.717) is 26.1 Å². The van der Waals surface area contributed by atoms with Crippen LogP contribution in [0.4, 0.5) is 4.79 Å². The van der Waals surface area contributed by atoms with Crippen molar-refractivity contribution in [2.24, 2.45) is 0 Å². The zero-order valence-electron chi connectivity index (χ0n) is 17.4. The van der Waals surface area contributed by atoms with Crippen LogP contribution in [0.5, 0.6) is 0 Å². The number of nitrogens with zero attached hydrogens (tertiary/aromatic N) is 3. The van der Waals surface area contributed by atoms with Crippen LogP contribution in [0.25, 0.3) is 11.1 Å². The average molecular weight is 399 g/mol. The molecule has 1 atom stereocenters. The van der Waals surface area contributed by atoms with Gasteiger partial charge in [-0.15, -0.1) is 0 Å². The van der Waals surface area contributed by atoms with Crippen LogP contribution in [0.15, 0.2) is 28.7 Å². The Bertz CT molecular complexity index is 860. The molecule has 2 saturated heterocycles. The zero-order chi connectivity index (χ0) is 20.6. The Hall–Kier alpha value is -2.57. The molecule has 7 nitrogen and oxygen atoms in total. The second-order valence-electron chi connectivity index (χ2n) is 8.95. The van der Waals surface area contributed by atoms with Crippen molar-refractivity contribution >= 4 is 23.1 Å². The van der Waals surface area contributed by atoms with Crippen molar-refractivity contribution < 1.29 is 18.7 Å². The van der Waals surface area contributed by atoms with Crippen molar-refractivity contribution in [3.05, 3.63) is 30.2 Å². The molecule has 0 bridgehead atoms. The summed E-state index contributed by atoms with van der Waals surface area (Å²) in [6, 6.07) is 7.36. The van der Waals surface area contributed by atoms with E-state index in [-0.39, 0.29) is 11.8 Å². The molecule has 0 radical (unpaired) electrons. The van der Waals surface area contributed by atoms with Gasteiger partial charge in [0.15, 0.2) is 11.5 Å². The van der Waals surface area contributed by atoms with Crippen LogP contribution < -0.4 is 0 Å². The number of aromatic nitrogens is 1. The fourth-order valence-electron chi connectivity index (χ4n) is 4.18. The molecule has 2 fully saturated rings. The largest absolute Gasteiger partial charge is 0.444 e. The molecule has 0 saturated carbocycles. The lowest BCUT2D eigenvalue weighted by Gasteiger charge is -2.35. The molecule has 2 aliphatic heterocycles. The minimum absolute atomic E-state index is 0.0318. The summed E-state index contributed by atoms with van der Waals surface area (Å²) in [6.45, 7) is 7.41. The first-order chi connectivity index (χ1) is 13.8. The highest BCUT2D eigenvalue weighted by Crippen LogP contribution is 2.31. The SMILES string of the molecule is CC(C)(C)OC(=O)N1CCCC1C(=O)N1CCC(c2nc3ccccc3o2)CC1. The van der Waals surface area contributed by atoms with Crippen LogP contribution in [0.3, 0.4) is 0 Å². The summed E-state index contributed by atoms with van der Waals surface area (Å²) >= 11 is 0. The van der Waals surface area contributed by atoms with Gasteiger partial charge in [-0.2, -0.15) is 0 Å². The van der Waals surface area contributed by atoms with E-state index in [1.807, 2.05) is 49.9 Å². The molecule has 1 aromatic heterocycles. The monoisotopic (exact) mass is 399 g/mol. The van der Waals surface area contributed by atoms with Crippen molar-refractivity contribution in [1.29, 1.82) is 0 Å². The van der Waals surface area contributed by atoms with E-state index in [2.05, 4.69) is 4.98 Å². The van der Waals surface area contributed by atoms with Crippen molar-refractivity contribution in [1.82, 2.24) is 14.8 Å². The summed E-state index contributed by atoms with van der Waals surface area (Å²) in [5.41, 5.74) is 1.12. The first-order valence-corrected chi connectivity index (χ1v) is 10.5. The van der Waals surface area contributed by atoms with Crippen LogP contribution in [0.2, 0.25) is 0 Å². The molecule has 2 amide bonds. The van der Waals surface area contributed by atoms with Crippen molar-refractivity contribution in [2.45, 2.75) is 64.0 Å². The maximum absolute atomic E-state index is 13.1. The number of ether oxygens (including phenoxy) is 1. The smallest absolute Gasteiger partial charge is 0.410 e. The van der Waals surface area contributed by atoms with Gasteiger partial charge in [-0.25, -0.2) is 9.78 Å². The third-order valence-corrected chi connectivity index (χ3v) is 5.63. The number of carbonyl (C=O) groups is 2. The van der Waals surface area contributed by atoms with E-state index in [1.165, 1.54) is 0 Å². The third-order valence-electron chi connectivity index (χ3n) is 5.63. The van der Waals surface area contributed by atoms with Crippen molar-refractivity contribution in [3.8, 4) is 0 Å². The summed E-state index contributed by atoms with van der Waals surface area (Å²) in [7, 11) is 0. The second-order valence-corrected chi connectivity index (χ2v) is 8.95. The number of para-hydroxylation sites is 2. The Morgan fingerprint density at radius 2 is 1.83 bits per heavy atom. The molecule has 0 aliphatic carbocycles. The Morgan fingerprint density at radius 3 is 2.52 bits per heavy atom. The van der Waals surface area contributed by atoms with Gasteiger partial charge in [-0.05, 0) is 58.6 Å². The summed E-state index contributed by atoms with van der Waals surface area (Å²) in [5.74, 6) is 1.01. The van der Waals surface area contributed by atoms with E-state index in [9.17, 15) is 9.59 Å². The molecule has 1 aromatic carbocycles. The summed E-state index contributed by atoms with van der Waals surface area (Å²) in [6.07, 6.45) is 2.77. The fourth-order valence-corrected chi connectivity index (χ4v) is 4.18. The number of hydrogen-bond acceptors (Lipinski definition) is 5. The van der Waals surface area contributed by atoms with Gasteiger partial charge >= 0.3 is 6.09 Å². The topological polar surface area (TPSA) is 75.9 Å². The fraction of sp³-hybridized carbons (Fsp3) is 0.591. The minimum atomic E-state index is -0.564. The highest BCUT2D eigenvalue weighted by molar-refractivity contribution is 5.86. The minimum Gasteiger partial charge on any atom is -0.444 e. The normalized spacial score (nSPS) is 21.0. The van der Waals surface area contributed by atoms with E-state index in [1.54, 1.807) is 4.90 Å². The highest BCUT2D eigenvalue weighted by Gasteiger charge is 2.39. The molecule has 0 N–H and O–H groups in total. The predicted octanol–water partition coefficient (Wildman–Crippen LogP) is 3.93. The molecular formula is C22H29N3O4. The Morgan fingerprint density at radius 1 is 1.10 bits per heavy atom. The lowest BCUT2D eigenvalue weighted by molar-refractivity contribution is -0.137. The molecule has 7 heteroatoms. The summed E-state index contributed by atoms with van der Waals surface area (Å²) in [4.78, 5) is 33.7. The highest BCUT2D eigenvalue weighted by atomic mass is 16.6. The second kappa shape index (κ2) is 7.69. The lowest BCUT2D eigenvalue weighted by Crippen LogP contribution is -2.50. The Labute approximate surface area is 171 Å². The quantitative estimate of drug-likeness (QED) is 0.765. The number of oxazole rings is 1. The van der Waals surface area contributed by atoms with Gasteiger partial charge in [0.25, 0.3) is 0 Å². The summed E-state index contributed by atoms with van der Waals surface area (Å²) < 4.78 is 11.4. The first-order valence-electron chi connectivity index (χ1n) is 10.5. The van der Waals surface area contributed by atoms with Crippen LogP contribution >= 0.6 is 0 Å². The van der Waals surface area contributed by atoms with Crippen molar-refractivity contribution in [2.75, 3.05) is 19.6 Å². The summed E-state index contributed by atoms with van der Waals surface area (Å²) in [5, 5.41) is 0. The van der Waals surface area contributed by atoms with Crippen LogP contribution in [0, 0.1) is 0 Å². The number of rotatable bonds is 2. The van der Waals surface area contributed by atoms with Crippen molar-refractivity contribution in [3.63, 3.8) is 0 Å². The van der Waals surface area contributed by atoms with Crippen LogP contribution in [-0.2, 0) is 9.53 Å². The van der Waals surface area contributed by atoms with Gasteiger partial charge in [0.1, 0.15) is 17.2 Å². The Kier molecular flexibility index (Phi) is 5.23. The number of carbonyl (C=O) groups excluding carboxylic acids is 2. The number of amides is 2. The van der Waals surface area contributed by atoms with Gasteiger partial charge in [0, 0.05) is 25.6 Å². The number of likely N-dealkylation sites (tertiary alicyclic amines) is 2. The average Bonchev–Trinajstić information content (AvgIpc) is 3.33. The predicted molar refractivity (Wildman–Crippen MR) is 109 cm³/mol. The van der Waals surface area contributed by atoms with Gasteiger partial charge in [0.05, 0.1) is 0 Å². The first kappa shape index (κ1) is 19.7. The van der Waals surface area contributed by atoms with Crippen LogP contribution in [-0.4, -0.2) is 58.1 Å². The molecule has 4 rings (SSSR count). The van der Waals surface area contributed by atoms with E-state index in [4.69, 9.17) is 9.15 Å². The molecule has 29 heavy (non-hydrogen) atoms.